The number of aromatic nitrogens is 2. The van der Waals surface area contributed by atoms with Crippen molar-refractivity contribution in [3.63, 3.8) is 0 Å². The first-order chi connectivity index (χ1) is 15.0. The summed E-state index contributed by atoms with van der Waals surface area (Å²) in [7, 11) is 0. The molecule has 1 aromatic carbocycles. The molecular formula is C24H27FN4O2. The molecule has 0 radical (unpaired) electrons. The number of hydrogen-bond acceptors (Lipinski definition) is 5. The second kappa shape index (κ2) is 7.55. The Bertz CT molecular complexity index is 1210. The van der Waals surface area contributed by atoms with E-state index < -0.39 is 5.82 Å². The Morgan fingerprint density at radius 2 is 2.19 bits per heavy atom. The molecule has 3 N–H and O–H groups in total. The number of nitrogen functional groups attached to an aromatic ring is 1. The molecule has 2 unspecified atom stereocenters. The molecule has 2 aromatic heterocycles. The number of pyridine rings is 2. The van der Waals surface area contributed by atoms with Crippen molar-refractivity contribution in [3.05, 3.63) is 57.9 Å². The van der Waals surface area contributed by atoms with Gasteiger partial charge >= 0.3 is 0 Å². The highest BCUT2D eigenvalue weighted by Gasteiger charge is 2.31. The minimum atomic E-state index is -0.602. The molecule has 1 aliphatic heterocycles. The zero-order chi connectivity index (χ0) is 21.7. The van der Waals surface area contributed by atoms with Gasteiger partial charge in [-0.25, -0.2) is 4.39 Å². The Morgan fingerprint density at radius 3 is 2.97 bits per heavy atom. The summed E-state index contributed by atoms with van der Waals surface area (Å²) < 4.78 is 23.5. The standard InChI is InChI=1S/C24H27FN4O2/c1-13-11-29-14(2)12-31-24-21(19(25)20(26)18(22(24)29)23(13)30)28-17-7-3-5-15(9-17)16-6-4-8-27-10-16/h4,6,8,10-11,14-15,17,28H,3,5,7,9,12,26H2,1-2H3/t14-,15?,17?/m0/s1. The lowest BCUT2D eigenvalue weighted by Gasteiger charge is -2.33. The highest BCUT2D eigenvalue weighted by Crippen LogP contribution is 2.44. The summed E-state index contributed by atoms with van der Waals surface area (Å²) in [6, 6.07) is 4.16. The molecule has 162 valence electrons. The Kier molecular flexibility index (Phi) is 4.84. The maximum atomic E-state index is 15.5. The lowest BCUT2D eigenvalue weighted by Crippen LogP contribution is -2.30. The average molecular weight is 423 g/mol. The Hall–Kier alpha value is -3.09. The van der Waals surface area contributed by atoms with Gasteiger partial charge in [0.05, 0.1) is 22.6 Å². The van der Waals surface area contributed by atoms with Crippen molar-refractivity contribution in [2.45, 2.75) is 57.5 Å². The maximum absolute atomic E-state index is 15.5. The van der Waals surface area contributed by atoms with Crippen molar-refractivity contribution in [2.24, 2.45) is 0 Å². The summed E-state index contributed by atoms with van der Waals surface area (Å²) in [6.45, 7) is 4.15. The molecule has 1 fully saturated rings. The van der Waals surface area contributed by atoms with Gasteiger partial charge in [0.15, 0.2) is 17.0 Å². The molecule has 0 amide bonds. The van der Waals surface area contributed by atoms with Crippen LogP contribution in [0.3, 0.4) is 0 Å². The fraction of sp³-hybridized carbons (Fsp3) is 0.417. The summed E-state index contributed by atoms with van der Waals surface area (Å²) in [5.74, 6) is 0.161. The van der Waals surface area contributed by atoms with Crippen LogP contribution in [0.15, 0.2) is 35.5 Å². The normalized spacial score (nSPS) is 22.9. The Labute approximate surface area is 180 Å². The van der Waals surface area contributed by atoms with E-state index in [4.69, 9.17) is 10.5 Å². The summed E-state index contributed by atoms with van der Waals surface area (Å²) >= 11 is 0. The molecule has 1 aliphatic carbocycles. The number of hydrogen-bond donors (Lipinski definition) is 2. The van der Waals surface area contributed by atoms with Gasteiger partial charge in [0.1, 0.15) is 12.3 Å². The minimum absolute atomic E-state index is 0.0247. The van der Waals surface area contributed by atoms with Crippen molar-refractivity contribution in [3.8, 4) is 5.75 Å². The van der Waals surface area contributed by atoms with Gasteiger partial charge in [0.2, 0.25) is 0 Å². The number of rotatable bonds is 3. The van der Waals surface area contributed by atoms with E-state index in [-0.39, 0.29) is 34.3 Å². The molecule has 0 bridgehead atoms. The van der Waals surface area contributed by atoms with Gasteiger partial charge in [0, 0.05) is 30.2 Å². The largest absolute Gasteiger partial charge is 0.487 e. The number of halogens is 1. The molecule has 0 saturated heterocycles. The van der Waals surface area contributed by atoms with Crippen LogP contribution in [0.5, 0.6) is 5.75 Å². The van der Waals surface area contributed by atoms with Crippen LogP contribution in [0, 0.1) is 12.7 Å². The monoisotopic (exact) mass is 422 g/mol. The predicted octanol–water partition coefficient (Wildman–Crippen LogP) is 4.52. The zero-order valence-corrected chi connectivity index (χ0v) is 17.8. The van der Waals surface area contributed by atoms with Crippen LogP contribution in [-0.4, -0.2) is 22.2 Å². The second-order valence-corrected chi connectivity index (χ2v) is 8.86. The van der Waals surface area contributed by atoms with Gasteiger partial charge in [-0.05, 0) is 50.7 Å². The molecule has 3 atom stereocenters. The van der Waals surface area contributed by atoms with Crippen LogP contribution in [-0.2, 0) is 0 Å². The fourth-order valence-electron chi connectivity index (χ4n) is 5.06. The highest BCUT2D eigenvalue weighted by atomic mass is 19.1. The van der Waals surface area contributed by atoms with Crippen LogP contribution in [0.4, 0.5) is 15.8 Å². The third-order valence-corrected chi connectivity index (χ3v) is 6.70. The van der Waals surface area contributed by atoms with E-state index in [1.807, 2.05) is 30.0 Å². The summed E-state index contributed by atoms with van der Waals surface area (Å²) in [6.07, 6.45) is 9.45. The molecule has 1 saturated carbocycles. The molecule has 0 spiro atoms. The topological polar surface area (TPSA) is 82.2 Å². The van der Waals surface area contributed by atoms with E-state index in [0.29, 0.717) is 29.4 Å². The van der Waals surface area contributed by atoms with Gasteiger partial charge in [-0.2, -0.15) is 0 Å². The summed E-state index contributed by atoms with van der Waals surface area (Å²) in [5.41, 5.74) is 8.43. The van der Waals surface area contributed by atoms with E-state index in [1.165, 1.54) is 5.56 Å². The number of nitrogens with zero attached hydrogens (tertiary/aromatic N) is 2. The number of nitrogens with one attached hydrogen (secondary N) is 1. The quantitative estimate of drug-likeness (QED) is 0.607. The number of nitrogens with two attached hydrogens (primary N) is 1. The van der Waals surface area contributed by atoms with Gasteiger partial charge in [-0.15, -0.1) is 0 Å². The number of ether oxygens (including phenoxy) is 1. The summed E-state index contributed by atoms with van der Waals surface area (Å²) in [5, 5.41) is 3.61. The predicted molar refractivity (Wildman–Crippen MR) is 120 cm³/mol. The van der Waals surface area contributed by atoms with E-state index in [2.05, 4.69) is 16.4 Å². The van der Waals surface area contributed by atoms with E-state index in [0.717, 1.165) is 25.7 Å². The van der Waals surface area contributed by atoms with Crippen molar-refractivity contribution < 1.29 is 9.13 Å². The van der Waals surface area contributed by atoms with Crippen molar-refractivity contribution >= 4 is 22.3 Å². The van der Waals surface area contributed by atoms with Crippen LogP contribution in [0.2, 0.25) is 0 Å². The SMILES string of the molecule is Cc1cn2c3c(c(NC4CCCC(c5cccnc5)C4)c(F)c(N)c3c1=O)OC[C@@H]2C. The summed E-state index contributed by atoms with van der Waals surface area (Å²) in [4.78, 5) is 17.1. The smallest absolute Gasteiger partial charge is 0.194 e. The molecule has 3 heterocycles. The molecular weight excluding hydrogens is 395 g/mol. The third kappa shape index (κ3) is 3.23. The molecule has 6 nitrogen and oxygen atoms in total. The molecule has 5 rings (SSSR count). The lowest BCUT2D eigenvalue weighted by atomic mass is 9.82. The van der Waals surface area contributed by atoms with Crippen molar-refractivity contribution in [1.29, 1.82) is 0 Å². The Morgan fingerprint density at radius 1 is 1.35 bits per heavy atom. The van der Waals surface area contributed by atoms with Gasteiger partial charge in [-0.1, -0.05) is 12.5 Å². The highest BCUT2D eigenvalue weighted by molar-refractivity contribution is 6.00. The Balaban J connectivity index is 1.58. The van der Waals surface area contributed by atoms with Crippen molar-refractivity contribution in [2.75, 3.05) is 17.7 Å². The van der Waals surface area contributed by atoms with Gasteiger partial charge in [-0.3, -0.25) is 9.78 Å². The first-order valence-corrected chi connectivity index (χ1v) is 10.9. The van der Waals surface area contributed by atoms with Crippen LogP contribution < -0.4 is 21.2 Å². The van der Waals surface area contributed by atoms with Crippen LogP contribution in [0.1, 0.15) is 55.7 Å². The van der Waals surface area contributed by atoms with Crippen molar-refractivity contribution in [1.82, 2.24) is 9.55 Å². The number of aryl methyl sites for hydroxylation is 1. The molecule has 2 aliphatic rings. The first-order valence-electron chi connectivity index (χ1n) is 10.9. The lowest BCUT2D eigenvalue weighted by molar-refractivity contribution is 0.247. The number of anilines is 2. The van der Waals surface area contributed by atoms with Gasteiger partial charge < -0.3 is 20.4 Å². The third-order valence-electron chi connectivity index (χ3n) is 6.70. The van der Waals surface area contributed by atoms with Crippen LogP contribution in [0.25, 0.3) is 10.9 Å². The number of benzene rings is 1. The van der Waals surface area contributed by atoms with E-state index in [1.54, 1.807) is 13.1 Å². The second-order valence-electron chi connectivity index (χ2n) is 8.86. The van der Waals surface area contributed by atoms with E-state index in [9.17, 15) is 4.79 Å². The molecule has 7 heteroatoms. The zero-order valence-electron chi connectivity index (χ0n) is 17.8. The van der Waals surface area contributed by atoms with Crippen LogP contribution >= 0.6 is 0 Å². The fourth-order valence-corrected chi connectivity index (χ4v) is 5.06. The van der Waals surface area contributed by atoms with Gasteiger partial charge in [0.25, 0.3) is 0 Å². The molecule has 3 aromatic rings. The molecule has 31 heavy (non-hydrogen) atoms. The maximum Gasteiger partial charge on any atom is 0.194 e. The minimum Gasteiger partial charge on any atom is -0.487 e. The average Bonchev–Trinajstić information content (AvgIpc) is 2.79. The van der Waals surface area contributed by atoms with E-state index >= 15 is 4.39 Å². The first kappa shape index (κ1) is 19.8.